The van der Waals surface area contributed by atoms with Gasteiger partial charge in [-0.3, -0.25) is 9.67 Å². The van der Waals surface area contributed by atoms with E-state index in [0.717, 1.165) is 24.3 Å². The van der Waals surface area contributed by atoms with Gasteiger partial charge in [0.1, 0.15) is 0 Å². The van der Waals surface area contributed by atoms with E-state index in [1.54, 1.807) is 18.6 Å². The summed E-state index contributed by atoms with van der Waals surface area (Å²) in [7, 11) is 4.04. The molecule has 2 aromatic heterocycles. The summed E-state index contributed by atoms with van der Waals surface area (Å²) in [6.45, 7) is 1.63. The average molecular weight is 280 g/mol. The van der Waals surface area contributed by atoms with Crippen molar-refractivity contribution >= 4 is 11.6 Å². The molecule has 2 aromatic rings. The van der Waals surface area contributed by atoms with Gasteiger partial charge in [0.05, 0.1) is 29.5 Å². The molecule has 2 rings (SSSR count). The fraction of sp³-hybridized carbons (Fsp3) is 0.385. The molecular weight excluding hydrogens is 262 g/mol. The molecule has 5 nitrogen and oxygen atoms in total. The second kappa shape index (κ2) is 6.14. The smallest absolute Gasteiger partial charge is 0.0837 e. The van der Waals surface area contributed by atoms with Gasteiger partial charge in [-0.25, -0.2) is 0 Å². The van der Waals surface area contributed by atoms with Gasteiger partial charge in [-0.15, -0.1) is 0 Å². The molecule has 102 valence electrons. The number of rotatable bonds is 5. The van der Waals surface area contributed by atoms with Gasteiger partial charge in [-0.1, -0.05) is 17.7 Å². The lowest BCUT2D eigenvalue weighted by molar-refractivity contribution is 0.368. The minimum Gasteiger partial charge on any atom is -0.319 e. The standard InChI is InChI=1S/C13H18ClN5/c1-18(2)6-7-19-13(11(14)9-17-19)12(15)10-4-3-5-16-8-10/h3-5,8-9,12H,6-7,15H2,1-2H3. The first-order valence-corrected chi connectivity index (χ1v) is 6.49. The van der Waals surface area contributed by atoms with Crippen molar-refractivity contribution in [2.24, 2.45) is 5.73 Å². The monoisotopic (exact) mass is 279 g/mol. The highest BCUT2D eigenvalue weighted by Gasteiger charge is 2.18. The third-order valence-electron chi connectivity index (χ3n) is 2.93. The summed E-state index contributed by atoms with van der Waals surface area (Å²) >= 11 is 6.21. The van der Waals surface area contributed by atoms with Crippen molar-refractivity contribution in [1.82, 2.24) is 19.7 Å². The molecule has 2 N–H and O–H groups in total. The molecule has 0 amide bonds. The van der Waals surface area contributed by atoms with E-state index in [1.165, 1.54) is 0 Å². The molecule has 6 heteroatoms. The highest BCUT2D eigenvalue weighted by molar-refractivity contribution is 6.31. The quantitative estimate of drug-likeness (QED) is 0.902. The van der Waals surface area contributed by atoms with E-state index in [9.17, 15) is 0 Å². The third-order valence-corrected chi connectivity index (χ3v) is 3.22. The van der Waals surface area contributed by atoms with Gasteiger partial charge in [0.2, 0.25) is 0 Å². The second-order valence-electron chi connectivity index (χ2n) is 4.67. The summed E-state index contributed by atoms with van der Waals surface area (Å²) in [5.41, 5.74) is 8.03. The Bertz CT molecular complexity index is 523. The van der Waals surface area contributed by atoms with Crippen LogP contribution in [0.25, 0.3) is 0 Å². The van der Waals surface area contributed by atoms with Gasteiger partial charge in [-0.2, -0.15) is 5.10 Å². The molecule has 19 heavy (non-hydrogen) atoms. The fourth-order valence-corrected chi connectivity index (χ4v) is 2.13. The Labute approximate surface area is 118 Å². The van der Waals surface area contributed by atoms with Gasteiger partial charge in [0.15, 0.2) is 0 Å². The van der Waals surface area contributed by atoms with Crippen LogP contribution in [0.15, 0.2) is 30.7 Å². The second-order valence-corrected chi connectivity index (χ2v) is 5.08. The number of hydrogen-bond donors (Lipinski definition) is 1. The largest absolute Gasteiger partial charge is 0.319 e. The number of aromatic nitrogens is 3. The Morgan fingerprint density at radius 3 is 2.84 bits per heavy atom. The molecule has 0 aliphatic carbocycles. The number of hydrogen-bond acceptors (Lipinski definition) is 4. The fourth-order valence-electron chi connectivity index (χ4n) is 1.87. The van der Waals surface area contributed by atoms with Crippen LogP contribution >= 0.6 is 11.6 Å². The number of pyridine rings is 1. The van der Waals surface area contributed by atoms with E-state index in [2.05, 4.69) is 15.0 Å². The Balaban J connectivity index is 2.26. The Morgan fingerprint density at radius 2 is 2.21 bits per heavy atom. The van der Waals surface area contributed by atoms with Crippen molar-refractivity contribution < 1.29 is 0 Å². The van der Waals surface area contributed by atoms with Crippen LogP contribution in [-0.2, 0) is 6.54 Å². The highest BCUT2D eigenvalue weighted by atomic mass is 35.5. The van der Waals surface area contributed by atoms with Crippen LogP contribution in [0.2, 0.25) is 5.02 Å². The molecule has 0 radical (unpaired) electrons. The van der Waals surface area contributed by atoms with Crippen LogP contribution in [0.4, 0.5) is 0 Å². The van der Waals surface area contributed by atoms with Crippen LogP contribution in [-0.4, -0.2) is 40.3 Å². The Morgan fingerprint density at radius 1 is 1.42 bits per heavy atom. The molecule has 0 aliphatic rings. The maximum absolute atomic E-state index is 6.27. The molecule has 1 unspecified atom stereocenters. The van der Waals surface area contributed by atoms with E-state index in [-0.39, 0.29) is 6.04 Å². The van der Waals surface area contributed by atoms with Crippen molar-refractivity contribution in [3.63, 3.8) is 0 Å². The molecule has 0 aliphatic heterocycles. The highest BCUT2D eigenvalue weighted by Crippen LogP contribution is 2.25. The summed E-state index contributed by atoms with van der Waals surface area (Å²) < 4.78 is 1.86. The lowest BCUT2D eigenvalue weighted by Gasteiger charge is -2.16. The molecule has 0 saturated carbocycles. The minimum atomic E-state index is -0.314. The van der Waals surface area contributed by atoms with Gasteiger partial charge in [0.25, 0.3) is 0 Å². The van der Waals surface area contributed by atoms with Crippen LogP contribution in [0.3, 0.4) is 0 Å². The maximum Gasteiger partial charge on any atom is 0.0837 e. The van der Waals surface area contributed by atoms with E-state index in [1.807, 2.05) is 30.9 Å². The maximum atomic E-state index is 6.27. The molecule has 0 fully saturated rings. The third kappa shape index (κ3) is 3.32. The molecule has 0 saturated heterocycles. The zero-order chi connectivity index (χ0) is 13.8. The van der Waals surface area contributed by atoms with Crippen molar-refractivity contribution in [2.75, 3.05) is 20.6 Å². The zero-order valence-corrected chi connectivity index (χ0v) is 11.9. The predicted octanol–water partition coefficient (Wildman–Crippen LogP) is 1.54. The lowest BCUT2D eigenvalue weighted by Crippen LogP contribution is -2.23. The molecule has 0 bridgehead atoms. The Hall–Kier alpha value is -1.43. The number of nitrogens with zero attached hydrogens (tertiary/aromatic N) is 4. The van der Waals surface area contributed by atoms with E-state index in [0.29, 0.717) is 5.02 Å². The predicted molar refractivity (Wildman–Crippen MR) is 76.1 cm³/mol. The summed E-state index contributed by atoms with van der Waals surface area (Å²) in [6.07, 6.45) is 5.12. The lowest BCUT2D eigenvalue weighted by atomic mass is 10.1. The normalized spacial score (nSPS) is 12.9. The van der Waals surface area contributed by atoms with Crippen LogP contribution in [0, 0.1) is 0 Å². The van der Waals surface area contributed by atoms with Crippen molar-refractivity contribution in [2.45, 2.75) is 12.6 Å². The summed E-state index contributed by atoms with van der Waals surface area (Å²) in [5.74, 6) is 0. The number of halogens is 1. The molecular formula is C13H18ClN5. The molecule has 2 heterocycles. The van der Waals surface area contributed by atoms with E-state index >= 15 is 0 Å². The van der Waals surface area contributed by atoms with Gasteiger partial charge < -0.3 is 10.6 Å². The number of nitrogens with two attached hydrogens (primary N) is 1. The SMILES string of the molecule is CN(C)CCn1ncc(Cl)c1C(N)c1cccnc1. The van der Waals surface area contributed by atoms with Crippen molar-refractivity contribution in [3.05, 3.63) is 47.0 Å². The van der Waals surface area contributed by atoms with Gasteiger partial charge in [-0.05, 0) is 25.7 Å². The first kappa shape index (κ1) is 14.0. The summed E-state index contributed by atoms with van der Waals surface area (Å²) in [5, 5.41) is 4.88. The first-order chi connectivity index (χ1) is 9.09. The molecule has 0 spiro atoms. The molecule has 1 atom stereocenters. The van der Waals surface area contributed by atoms with E-state index < -0.39 is 0 Å². The summed E-state index contributed by atoms with van der Waals surface area (Å²) in [4.78, 5) is 6.18. The molecule has 0 aromatic carbocycles. The number of likely N-dealkylation sites (N-methyl/N-ethyl adjacent to an activating group) is 1. The van der Waals surface area contributed by atoms with Crippen molar-refractivity contribution in [3.8, 4) is 0 Å². The average Bonchev–Trinajstić information content (AvgIpc) is 2.78. The Kier molecular flexibility index (Phi) is 4.52. The van der Waals surface area contributed by atoms with Crippen LogP contribution in [0.1, 0.15) is 17.3 Å². The van der Waals surface area contributed by atoms with E-state index in [4.69, 9.17) is 17.3 Å². The van der Waals surface area contributed by atoms with Gasteiger partial charge in [0, 0.05) is 18.9 Å². The van der Waals surface area contributed by atoms with Crippen LogP contribution in [0.5, 0.6) is 0 Å². The topological polar surface area (TPSA) is 60.0 Å². The van der Waals surface area contributed by atoms with Crippen molar-refractivity contribution in [1.29, 1.82) is 0 Å². The first-order valence-electron chi connectivity index (χ1n) is 6.11. The zero-order valence-electron chi connectivity index (χ0n) is 11.1. The van der Waals surface area contributed by atoms with Crippen LogP contribution < -0.4 is 5.73 Å². The van der Waals surface area contributed by atoms with Gasteiger partial charge >= 0.3 is 0 Å². The summed E-state index contributed by atoms with van der Waals surface area (Å²) in [6, 6.07) is 3.49. The minimum absolute atomic E-state index is 0.314.